The van der Waals surface area contributed by atoms with Crippen LogP contribution in [0.15, 0.2) is 18.2 Å². The lowest BCUT2D eigenvalue weighted by Gasteiger charge is -2.31. The number of non-ortho nitro benzene ring substituents is 1. The number of Topliss-reactive ketones (excluding diaryl/α,β-unsaturated/α-hetero) is 1. The maximum atomic E-state index is 11.5. The molecule has 1 aliphatic rings. The first-order valence-electron chi connectivity index (χ1n) is 5.20. The quantitative estimate of drug-likeness (QED) is 0.538. The topological polar surface area (TPSA) is 60.2 Å². The van der Waals surface area contributed by atoms with Gasteiger partial charge in [0.15, 0.2) is 0 Å². The van der Waals surface area contributed by atoms with Gasteiger partial charge in [-0.1, -0.05) is 19.9 Å². The van der Waals surface area contributed by atoms with Crippen LogP contribution in [0.4, 0.5) is 5.69 Å². The second-order valence-corrected chi connectivity index (χ2v) is 4.87. The van der Waals surface area contributed by atoms with Crippen LogP contribution in [-0.4, -0.2) is 10.7 Å². The van der Waals surface area contributed by atoms with Crippen LogP contribution < -0.4 is 0 Å². The fraction of sp³-hybridized carbons (Fsp3) is 0.417. The molecule has 1 aliphatic carbocycles. The number of benzene rings is 1. The van der Waals surface area contributed by atoms with Gasteiger partial charge in [0.05, 0.1) is 4.92 Å². The van der Waals surface area contributed by atoms with E-state index in [1.807, 2.05) is 13.8 Å². The summed E-state index contributed by atoms with van der Waals surface area (Å²) in [5.74, 6) is 0.200. The average Bonchev–Trinajstić information content (AvgIpc) is 2.15. The third-order valence-electron chi connectivity index (χ3n) is 3.06. The van der Waals surface area contributed by atoms with Crippen LogP contribution in [0.1, 0.15) is 31.4 Å². The molecular formula is C12H13NO3. The predicted octanol–water partition coefficient (Wildman–Crippen LogP) is 2.39. The van der Waals surface area contributed by atoms with Gasteiger partial charge in [0.25, 0.3) is 5.69 Å². The molecule has 0 bridgehead atoms. The van der Waals surface area contributed by atoms with Crippen LogP contribution in [0.25, 0.3) is 0 Å². The molecule has 0 aromatic heterocycles. The molecule has 84 valence electrons. The molecule has 0 atom stereocenters. The van der Waals surface area contributed by atoms with Crippen LogP contribution >= 0.6 is 0 Å². The molecule has 0 N–H and O–H groups in total. The summed E-state index contributed by atoms with van der Waals surface area (Å²) in [7, 11) is 0. The first-order valence-corrected chi connectivity index (χ1v) is 5.20. The van der Waals surface area contributed by atoms with Gasteiger partial charge in [-0.2, -0.15) is 0 Å². The zero-order valence-electron chi connectivity index (χ0n) is 9.32. The Morgan fingerprint density at radius 1 is 1.38 bits per heavy atom. The summed E-state index contributed by atoms with van der Waals surface area (Å²) in [5, 5.41) is 10.7. The molecule has 4 nitrogen and oxygen atoms in total. The van der Waals surface area contributed by atoms with Gasteiger partial charge in [-0.05, 0) is 16.5 Å². The van der Waals surface area contributed by atoms with Crippen molar-refractivity contribution in [1.29, 1.82) is 0 Å². The van der Waals surface area contributed by atoms with E-state index in [0.29, 0.717) is 12.8 Å². The van der Waals surface area contributed by atoms with Crippen molar-refractivity contribution < 1.29 is 9.72 Å². The molecule has 0 saturated heterocycles. The second-order valence-electron chi connectivity index (χ2n) is 4.87. The number of rotatable bonds is 1. The van der Waals surface area contributed by atoms with E-state index in [9.17, 15) is 14.9 Å². The maximum Gasteiger partial charge on any atom is 0.269 e. The lowest BCUT2D eigenvalue weighted by Crippen LogP contribution is -2.29. The Kier molecular flexibility index (Phi) is 2.30. The Labute approximate surface area is 93.4 Å². The van der Waals surface area contributed by atoms with Gasteiger partial charge in [-0.25, -0.2) is 0 Å². The minimum absolute atomic E-state index is 0.0983. The molecule has 1 aromatic rings. The fourth-order valence-corrected chi connectivity index (χ4v) is 2.33. The van der Waals surface area contributed by atoms with Gasteiger partial charge in [0, 0.05) is 25.0 Å². The Balaban J connectivity index is 2.57. The van der Waals surface area contributed by atoms with Gasteiger partial charge in [-0.15, -0.1) is 0 Å². The molecule has 4 heteroatoms. The molecule has 0 aliphatic heterocycles. The number of nitro groups is 1. The monoisotopic (exact) mass is 219 g/mol. The van der Waals surface area contributed by atoms with Crippen molar-refractivity contribution in [3.05, 3.63) is 39.4 Å². The largest absolute Gasteiger partial charge is 0.299 e. The number of carbonyl (C=O) groups is 1. The van der Waals surface area contributed by atoms with Gasteiger partial charge >= 0.3 is 0 Å². The van der Waals surface area contributed by atoms with Crippen LogP contribution in [0.5, 0.6) is 0 Å². The first-order chi connectivity index (χ1) is 7.40. The number of fused-ring (bicyclic) bond motifs is 1. The van der Waals surface area contributed by atoms with E-state index in [1.54, 1.807) is 12.1 Å². The summed E-state index contributed by atoms with van der Waals surface area (Å²) in [5.41, 5.74) is 1.66. The average molecular weight is 219 g/mol. The normalized spacial score (nSPS) is 18.0. The van der Waals surface area contributed by atoms with E-state index in [2.05, 4.69) is 0 Å². The van der Waals surface area contributed by atoms with E-state index in [0.717, 1.165) is 11.1 Å². The molecule has 0 radical (unpaired) electrons. The number of nitro benzene ring substituents is 1. The van der Waals surface area contributed by atoms with E-state index in [4.69, 9.17) is 0 Å². The molecule has 0 unspecified atom stereocenters. The van der Waals surface area contributed by atoms with Crippen LogP contribution in [-0.2, 0) is 16.6 Å². The molecule has 0 spiro atoms. The molecule has 0 fully saturated rings. The molecule has 16 heavy (non-hydrogen) atoms. The van der Waals surface area contributed by atoms with Crippen molar-refractivity contribution in [2.45, 2.75) is 32.1 Å². The van der Waals surface area contributed by atoms with Crippen molar-refractivity contribution in [2.75, 3.05) is 0 Å². The summed E-state index contributed by atoms with van der Waals surface area (Å²) in [6.07, 6.45) is 0.859. The van der Waals surface area contributed by atoms with E-state index in [-0.39, 0.29) is 16.9 Å². The minimum Gasteiger partial charge on any atom is -0.299 e. The summed E-state index contributed by atoms with van der Waals surface area (Å²) >= 11 is 0. The molecule has 0 heterocycles. The highest BCUT2D eigenvalue weighted by Crippen LogP contribution is 2.36. The molecule has 2 rings (SSSR count). The van der Waals surface area contributed by atoms with E-state index >= 15 is 0 Å². The summed E-state index contributed by atoms with van der Waals surface area (Å²) < 4.78 is 0. The maximum absolute atomic E-state index is 11.5. The van der Waals surface area contributed by atoms with E-state index in [1.165, 1.54) is 6.07 Å². The molecular weight excluding hydrogens is 206 g/mol. The van der Waals surface area contributed by atoms with Crippen molar-refractivity contribution in [1.82, 2.24) is 0 Å². The van der Waals surface area contributed by atoms with Gasteiger partial charge < -0.3 is 0 Å². The zero-order chi connectivity index (χ0) is 11.9. The Bertz CT molecular complexity index is 477. The zero-order valence-corrected chi connectivity index (χ0v) is 9.32. The van der Waals surface area contributed by atoms with Crippen LogP contribution in [0, 0.1) is 10.1 Å². The Hall–Kier alpha value is -1.71. The lowest BCUT2D eigenvalue weighted by atomic mass is 9.72. The fourth-order valence-electron chi connectivity index (χ4n) is 2.33. The number of carbonyl (C=O) groups excluding carboxylic acids is 1. The van der Waals surface area contributed by atoms with Gasteiger partial charge in [0.2, 0.25) is 0 Å². The Morgan fingerprint density at radius 2 is 2.06 bits per heavy atom. The third kappa shape index (κ3) is 1.71. The van der Waals surface area contributed by atoms with Crippen molar-refractivity contribution in [2.24, 2.45) is 0 Å². The smallest absolute Gasteiger partial charge is 0.269 e. The van der Waals surface area contributed by atoms with Gasteiger partial charge in [0.1, 0.15) is 5.78 Å². The highest BCUT2D eigenvalue weighted by atomic mass is 16.6. The summed E-state index contributed by atoms with van der Waals surface area (Å²) in [4.78, 5) is 21.8. The lowest BCUT2D eigenvalue weighted by molar-refractivity contribution is -0.385. The van der Waals surface area contributed by atoms with Crippen molar-refractivity contribution in [3.63, 3.8) is 0 Å². The van der Waals surface area contributed by atoms with Crippen molar-refractivity contribution >= 4 is 11.5 Å². The number of hydrogen-bond acceptors (Lipinski definition) is 3. The number of ketones is 1. The second kappa shape index (κ2) is 3.40. The number of nitrogens with zero attached hydrogens (tertiary/aromatic N) is 1. The van der Waals surface area contributed by atoms with E-state index < -0.39 is 4.92 Å². The van der Waals surface area contributed by atoms with Crippen molar-refractivity contribution in [3.8, 4) is 0 Å². The molecule has 0 saturated carbocycles. The highest BCUT2D eigenvalue weighted by molar-refractivity contribution is 5.85. The summed E-state index contributed by atoms with van der Waals surface area (Å²) in [6.45, 7) is 3.90. The first kappa shape index (κ1) is 10.8. The summed E-state index contributed by atoms with van der Waals surface area (Å²) in [6, 6.07) is 4.77. The SMILES string of the molecule is CC1(C)CC(=O)Cc2ccc([N+](=O)[O-])cc21. The third-order valence-corrected chi connectivity index (χ3v) is 3.06. The number of hydrogen-bond donors (Lipinski definition) is 0. The molecule has 0 amide bonds. The predicted molar refractivity (Wildman–Crippen MR) is 59.5 cm³/mol. The van der Waals surface area contributed by atoms with Gasteiger partial charge in [-0.3, -0.25) is 14.9 Å². The minimum atomic E-state index is -0.396. The van der Waals surface area contributed by atoms with Crippen LogP contribution in [0.2, 0.25) is 0 Å². The molecule has 1 aromatic carbocycles. The highest BCUT2D eigenvalue weighted by Gasteiger charge is 2.32. The Morgan fingerprint density at radius 3 is 2.69 bits per heavy atom. The standard InChI is InChI=1S/C12H13NO3/c1-12(2)7-10(14)5-8-3-4-9(13(15)16)6-11(8)12/h3-4,6H,5,7H2,1-2H3. The van der Waals surface area contributed by atoms with Crippen LogP contribution in [0.3, 0.4) is 0 Å².